The van der Waals surface area contributed by atoms with Gasteiger partial charge in [0.1, 0.15) is 17.5 Å². The number of nitrogens with zero attached hydrogens (tertiary/aromatic N) is 1. The van der Waals surface area contributed by atoms with Gasteiger partial charge in [-0.2, -0.15) is 0 Å². The molecule has 0 aromatic carbocycles. The molecular formula is C10H12ClNO. The predicted octanol–water partition coefficient (Wildman–Crippen LogP) is 3.00. The molecule has 0 aliphatic rings. The summed E-state index contributed by atoms with van der Waals surface area (Å²) in [5.74, 6) is 0.790. The zero-order valence-corrected chi connectivity index (χ0v) is 8.51. The lowest BCUT2D eigenvalue weighted by Gasteiger charge is -2.05. The highest BCUT2D eigenvalue weighted by atomic mass is 35.5. The molecule has 0 saturated heterocycles. The van der Waals surface area contributed by atoms with Crippen molar-refractivity contribution in [2.24, 2.45) is 0 Å². The van der Waals surface area contributed by atoms with Crippen molar-refractivity contribution in [1.82, 2.24) is 4.98 Å². The van der Waals surface area contributed by atoms with Crippen molar-refractivity contribution in [1.29, 1.82) is 0 Å². The molecule has 1 aromatic heterocycles. The highest BCUT2D eigenvalue weighted by Crippen LogP contribution is 2.19. The molecule has 13 heavy (non-hydrogen) atoms. The first-order valence-corrected chi connectivity index (χ1v) is 4.48. The lowest BCUT2D eigenvalue weighted by atomic mass is 10.3. The zero-order chi connectivity index (χ0) is 9.68. The summed E-state index contributed by atoms with van der Waals surface area (Å²) in [5, 5.41) is 0.459. The van der Waals surface area contributed by atoms with Crippen molar-refractivity contribution < 1.29 is 4.74 Å². The number of hydrogen-bond acceptors (Lipinski definition) is 2. The average molecular weight is 198 g/mol. The van der Waals surface area contributed by atoms with Crippen molar-refractivity contribution in [2.75, 3.05) is 6.61 Å². The highest BCUT2D eigenvalue weighted by Gasteiger charge is 1.99. The van der Waals surface area contributed by atoms with E-state index in [4.69, 9.17) is 16.3 Å². The van der Waals surface area contributed by atoms with Gasteiger partial charge >= 0.3 is 0 Å². The van der Waals surface area contributed by atoms with Crippen molar-refractivity contribution in [3.05, 3.63) is 35.1 Å². The summed E-state index contributed by atoms with van der Waals surface area (Å²) < 4.78 is 5.45. The second-order valence-electron chi connectivity index (χ2n) is 2.65. The van der Waals surface area contributed by atoms with Crippen LogP contribution < -0.4 is 4.74 Å². The molecule has 1 aromatic rings. The summed E-state index contributed by atoms with van der Waals surface area (Å²) in [6, 6.07) is 1.72. The fourth-order valence-electron chi connectivity index (χ4n) is 0.871. The number of aryl methyl sites for hydroxylation is 1. The Labute approximate surface area is 83.2 Å². The number of pyridine rings is 1. The average Bonchev–Trinajstić information content (AvgIpc) is 2.11. The van der Waals surface area contributed by atoms with Crippen LogP contribution in [0.4, 0.5) is 0 Å². The van der Waals surface area contributed by atoms with Crippen LogP contribution in [-0.4, -0.2) is 11.6 Å². The second-order valence-corrected chi connectivity index (χ2v) is 3.04. The number of rotatable bonds is 3. The lowest BCUT2D eigenvalue weighted by molar-refractivity contribution is 0.359. The Balaban J connectivity index is 2.69. The van der Waals surface area contributed by atoms with Gasteiger partial charge in [0.15, 0.2) is 0 Å². The minimum Gasteiger partial charge on any atom is -0.489 e. The normalized spacial score (nSPS) is 10.7. The van der Waals surface area contributed by atoms with Crippen molar-refractivity contribution in [3.8, 4) is 5.75 Å². The molecule has 1 rings (SSSR count). The van der Waals surface area contributed by atoms with Gasteiger partial charge in [0.05, 0.1) is 0 Å². The maximum absolute atomic E-state index is 5.72. The van der Waals surface area contributed by atoms with E-state index < -0.39 is 0 Å². The van der Waals surface area contributed by atoms with Crippen LogP contribution in [0.5, 0.6) is 5.75 Å². The molecule has 0 unspecified atom stereocenters. The summed E-state index contributed by atoms with van der Waals surface area (Å²) in [6.07, 6.45) is 5.58. The molecule has 0 radical (unpaired) electrons. The zero-order valence-electron chi connectivity index (χ0n) is 7.75. The van der Waals surface area contributed by atoms with E-state index in [-0.39, 0.29) is 0 Å². The Kier molecular flexibility index (Phi) is 3.77. The van der Waals surface area contributed by atoms with Crippen LogP contribution in [0.25, 0.3) is 0 Å². The maximum Gasteiger partial charge on any atom is 0.132 e. The first-order chi connectivity index (χ1) is 6.24. The van der Waals surface area contributed by atoms with Crippen LogP contribution >= 0.6 is 11.6 Å². The van der Waals surface area contributed by atoms with E-state index in [1.54, 1.807) is 12.3 Å². The molecule has 0 aliphatic carbocycles. The van der Waals surface area contributed by atoms with Gasteiger partial charge in [0.25, 0.3) is 0 Å². The number of halogens is 1. The molecule has 0 atom stereocenters. The first kappa shape index (κ1) is 10.1. The molecule has 70 valence electrons. The SMILES string of the molecule is C/C=C/COc1cc(Cl)ncc1C. The summed E-state index contributed by atoms with van der Waals surface area (Å²) in [4.78, 5) is 3.94. The molecular weight excluding hydrogens is 186 g/mol. The van der Waals surface area contributed by atoms with Crippen molar-refractivity contribution in [3.63, 3.8) is 0 Å². The number of ether oxygens (including phenoxy) is 1. The van der Waals surface area contributed by atoms with Crippen LogP contribution in [0.2, 0.25) is 5.15 Å². The molecule has 2 nitrogen and oxygen atoms in total. The fraction of sp³-hybridized carbons (Fsp3) is 0.300. The van der Waals surface area contributed by atoms with Gasteiger partial charge in [-0.3, -0.25) is 0 Å². The molecule has 1 heterocycles. The first-order valence-electron chi connectivity index (χ1n) is 4.10. The number of allylic oxidation sites excluding steroid dienone is 1. The second kappa shape index (κ2) is 4.87. The molecule has 0 saturated carbocycles. The standard InChI is InChI=1S/C10H12ClNO/c1-3-4-5-13-9-6-10(11)12-7-8(9)2/h3-4,6-7H,5H2,1-2H3/b4-3+. The van der Waals surface area contributed by atoms with Crippen molar-refractivity contribution in [2.45, 2.75) is 13.8 Å². The van der Waals surface area contributed by atoms with Gasteiger partial charge in [0.2, 0.25) is 0 Å². The molecule has 3 heteroatoms. The largest absolute Gasteiger partial charge is 0.489 e. The van der Waals surface area contributed by atoms with Crippen LogP contribution in [0.15, 0.2) is 24.4 Å². The summed E-state index contributed by atoms with van der Waals surface area (Å²) in [6.45, 7) is 4.46. The van der Waals surface area contributed by atoms with Gasteiger partial charge < -0.3 is 4.74 Å². The van der Waals surface area contributed by atoms with E-state index in [0.29, 0.717) is 11.8 Å². The molecule has 0 bridgehead atoms. The van der Waals surface area contributed by atoms with E-state index in [1.165, 1.54) is 0 Å². The quantitative estimate of drug-likeness (QED) is 0.549. The minimum atomic E-state index is 0.459. The topological polar surface area (TPSA) is 22.1 Å². The highest BCUT2D eigenvalue weighted by molar-refractivity contribution is 6.29. The maximum atomic E-state index is 5.72. The Morgan fingerprint density at radius 1 is 1.62 bits per heavy atom. The Morgan fingerprint density at radius 3 is 3.08 bits per heavy atom. The van der Waals surface area contributed by atoms with E-state index >= 15 is 0 Å². The third-order valence-electron chi connectivity index (χ3n) is 1.59. The van der Waals surface area contributed by atoms with Gasteiger partial charge in [-0.15, -0.1) is 0 Å². The Bertz CT molecular complexity index is 310. The summed E-state index contributed by atoms with van der Waals surface area (Å²) >= 11 is 5.72. The van der Waals surface area contributed by atoms with Gasteiger partial charge in [-0.1, -0.05) is 23.8 Å². The molecule has 0 fully saturated rings. The van der Waals surface area contributed by atoms with Crippen LogP contribution in [0, 0.1) is 6.92 Å². The monoisotopic (exact) mass is 197 g/mol. The smallest absolute Gasteiger partial charge is 0.132 e. The molecule has 0 amide bonds. The lowest BCUT2D eigenvalue weighted by Crippen LogP contribution is -1.95. The summed E-state index contributed by atoms with van der Waals surface area (Å²) in [7, 11) is 0. The van der Waals surface area contributed by atoms with Crippen LogP contribution in [-0.2, 0) is 0 Å². The molecule has 0 spiro atoms. The van der Waals surface area contributed by atoms with Crippen LogP contribution in [0.1, 0.15) is 12.5 Å². The van der Waals surface area contributed by atoms with E-state index in [1.807, 2.05) is 26.0 Å². The third-order valence-corrected chi connectivity index (χ3v) is 1.80. The van der Waals surface area contributed by atoms with Gasteiger partial charge in [0, 0.05) is 17.8 Å². The van der Waals surface area contributed by atoms with E-state index in [0.717, 1.165) is 11.3 Å². The number of hydrogen-bond donors (Lipinski definition) is 0. The minimum absolute atomic E-state index is 0.459. The third kappa shape index (κ3) is 3.07. The number of aromatic nitrogens is 1. The Morgan fingerprint density at radius 2 is 2.38 bits per heavy atom. The molecule has 0 N–H and O–H groups in total. The fourth-order valence-corrected chi connectivity index (χ4v) is 1.02. The van der Waals surface area contributed by atoms with Crippen molar-refractivity contribution >= 4 is 11.6 Å². The van der Waals surface area contributed by atoms with E-state index in [2.05, 4.69) is 4.98 Å². The van der Waals surface area contributed by atoms with E-state index in [9.17, 15) is 0 Å². The summed E-state index contributed by atoms with van der Waals surface area (Å²) in [5.41, 5.74) is 0.994. The van der Waals surface area contributed by atoms with Crippen LogP contribution in [0.3, 0.4) is 0 Å². The predicted molar refractivity (Wildman–Crippen MR) is 54.3 cm³/mol. The molecule has 0 aliphatic heterocycles. The van der Waals surface area contributed by atoms with Gasteiger partial charge in [-0.25, -0.2) is 4.98 Å². The Hall–Kier alpha value is -1.02. The van der Waals surface area contributed by atoms with Gasteiger partial charge in [-0.05, 0) is 13.8 Å².